The molecular weight excluding hydrogens is 520 g/mol. The standard InChI is InChI=1S/C22H24F3N4O7P/c1-21(31)17(30)16(35-20(21)29-8-6-13-18(26)27-11-28-19(13)29)10-34-37(32)33-9-7-15(36-37)12-4-2-3-5-14(12)22(23,24)25/h2-6,8,11,15-17,20,30-31H,7,9-10H2,1H3,(H2,26,27,28)/t15-,16+,17+,20+,21+,37+/m0/s1. The van der Waals surface area contributed by atoms with Gasteiger partial charge in [0, 0.05) is 12.6 Å². The lowest BCUT2D eigenvalue weighted by molar-refractivity contribution is -0.139. The lowest BCUT2D eigenvalue weighted by atomic mass is 9.96. The van der Waals surface area contributed by atoms with Crippen LogP contribution in [-0.2, 0) is 29.0 Å². The van der Waals surface area contributed by atoms with Crippen molar-refractivity contribution in [2.24, 2.45) is 0 Å². The van der Waals surface area contributed by atoms with E-state index in [1.807, 2.05) is 0 Å². The molecular formula is C22H24F3N4O7P. The summed E-state index contributed by atoms with van der Waals surface area (Å²) in [5.41, 5.74) is 3.27. The molecule has 2 aromatic heterocycles. The predicted molar refractivity (Wildman–Crippen MR) is 122 cm³/mol. The lowest BCUT2D eigenvalue weighted by Gasteiger charge is -2.31. The Labute approximate surface area is 208 Å². The Bertz CT molecular complexity index is 1350. The van der Waals surface area contributed by atoms with Gasteiger partial charge < -0.3 is 25.3 Å². The summed E-state index contributed by atoms with van der Waals surface area (Å²) in [5.74, 6) is 0.216. The van der Waals surface area contributed by atoms with Crippen molar-refractivity contribution in [3.8, 4) is 0 Å². The van der Waals surface area contributed by atoms with Crippen molar-refractivity contribution in [3.05, 3.63) is 54.0 Å². The van der Waals surface area contributed by atoms with Crippen LogP contribution in [-0.4, -0.2) is 55.8 Å². The molecule has 4 heterocycles. The molecule has 11 nitrogen and oxygen atoms in total. The highest BCUT2D eigenvalue weighted by molar-refractivity contribution is 7.48. The van der Waals surface area contributed by atoms with Crippen LogP contribution in [0.3, 0.4) is 0 Å². The van der Waals surface area contributed by atoms with Gasteiger partial charge >= 0.3 is 14.0 Å². The van der Waals surface area contributed by atoms with E-state index in [-0.39, 0.29) is 24.4 Å². The van der Waals surface area contributed by atoms with Gasteiger partial charge in [-0.05, 0) is 24.6 Å². The highest BCUT2D eigenvalue weighted by atomic mass is 31.2. The summed E-state index contributed by atoms with van der Waals surface area (Å²) in [6, 6.07) is 6.45. The Kier molecular flexibility index (Phi) is 6.55. The first-order valence-corrected chi connectivity index (χ1v) is 12.7. The number of alkyl halides is 3. The van der Waals surface area contributed by atoms with Crippen molar-refractivity contribution in [1.29, 1.82) is 0 Å². The van der Waals surface area contributed by atoms with Crippen molar-refractivity contribution < 1.29 is 46.3 Å². The maximum atomic E-state index is 13.5. The van der Waals surface area contributed by atoms with E-state index in [1.54, 1.807) is 12.3 Å². The lowest BCUT2D eigenvalue weighted by Crippen LogP contribution is -2.44. The van der Waals surface area contributed by atoms with Crippen LogP contribution in [0.15, 0.2) is 42.9 Å². The minimum atomic E-state index is -4.64. The van der Waals surface area contributed by atoms with Crippen LogP contribution in [0.4, 0.5) is 19.0 Å². The third kappa shape index (κ3) is 4.74. The predicted octanol–water partition coefficient (Wildman–Crippen LogP) is 3.34. The Morgan fingerprint density at radius 2 is 2.05 bits per heavy atom. The summed E-state index contributed by atoms with van der Waals surface area (Å²) < 4.78 is 76.7. The number of aliphatic hydroxyl groups excluding tert-OH is 1. The highest BCUT2D eigenvalue weighted by Gasteiger charge is 2.54. The van der Waals surface area contributed by atoms with Crippen LogP contribution in [0.5, 0.6) is 0 Å². The van der Waals surface area contributed by atoms with Gasteiger partial charge in [-0.3, -0.25) is 13.6 Å². The van der Waals surface area contributed by atoms with E-state index in [9.17, 15) is 27.9 Å². The molecule has 2 aliphatic rings. The molecule has 5 rings (SSSR count). The molecule has 2 fully saturated rings. The first-order chi connectivity index (χ1) is 17.4. The molecule has 4 N–H and O–H groups in total. The third-order valence-corrected chi connectivity index (χ3v) is 7.92. The number of nitrogens with two attached hydrogens (primary N) is 1. The molecule has 2 saturated heterocycles. The number of hydrogen-bond acceptors (Lipinski definition) is 10. The normalized spacial score (nSPS) is 32.7. The number of benzene rings is 1. The number of halogens is 3. The molecule has 3 aromatic rings. The first-order valence-electron chi connectivity index (χ1n) is 11.3. The number of phosphoric ester groups is 1. The SMILES string of the molecule is C[C@@]1(O)[C@H](O)[C@@H](CO[P@@]2(=O)OCC[C@@H](c3ccccc3C(F)(F)F)O2)O[C@H]1n1ccc2c(N)ncnc21. The number of aromatic nitrogens is 3. The van der Waals surface area contributed by atoms with Crippen LogP contribution < -0.4 is 5.73 Å². The van der Waals surface area contributed by atoms with Gasteiger partial charge in [0.15, 0.2) is 6.23 Å². The minimum absolute atomic E-state index is 0.0193. The van der Waals surface area contributed by atoms with Crippen molar-refractivity contribution in [1.82, 2.24) is 14.5 Å². The van der Waals surface area contributed by atoms with Crippen LogP contribution in [0.2, 0.25) is 0 Å². The summed E-state index contributed by atoms with van der Waals surface area (Å²) in [7, 11) is -4.34. The molecule has 2 aliphatic heterocycles. The van der Waals surface area contributed by atoms with Crippen LogP contribution >= 0.6 is 7.82 Å². The van der Waals surface area contributed by atoms with E-state index in [2.05, 4.69) is 9.97 Å². The molecule has 0 bridgehead atoms. The summed E-state index contributed by atoms with van der Waals surface area (Å²) in [6.45, 7) is 0.618. The van der Waals surface area contributed by atoms with Crippen LogP contribution in [0.1, 0.15) is 36.8 Å². The Balaban J connectivity index is 1.32. The Hall–Kier alpha value is -2.58. The molecule has 0 amide bonds. The highest BCUT2D eigenvalue weighted by Crippen LogP contribution is 2.58. The molecule has 0 spiro atoms. The molecule has 0 radical (unpaired) electrons. The van der Waals surface area contributed by atoms with Crippen molar-refractivity contribution in [2.45, 2.75) is 49.7 Å². The van der Waals surface area contributed by atoms with E-state index in [1.165, 1.54) is 36.0 Å². The summed E-state index contributed by atoms with van der Waals surface area (Å²) in [5, 5.41) is 22.3. The second-order valence-electron chi connectivity index (χ2n) is 8.96. The van der Waals surface area contributed by atoms with E-state index in [0.717, 1.165) is 6.07 Å². The maximum Gasteiger partial charge on any atom is 0.475 e. The fourth-order valence-corrected chi connectivity index (χ4v) is 5.93. The molecule has 15 heteroatoms. The summed E-state index contributed by atoms with van der Waals surface area (Å²) >= 11 is 0. The van der Waals surface area contributed by atoms with E-state index < -0.39 is 56.3 Å². The monoisotopic (exact) mass is 544 g/mol. The fourth-order valence-electron chi connectivity index (χ4n) is 4.55. The quantitative estimate of drug-likeness (QED) is 0.408. The minimum Gasteiger partial charge on any atom is -0.387 e. The largest absolute Gasteiger partial charge is 0.475 e. The van der Waals surface area contributed by atoms with Gasteiger partial charge in [0.1, 0.15) is 35.6 Å². The van der Waals surface area contributed by atoms with Gasteiger partial charge in [0.25, 0.3) is 0 Å². The molecule has 0 saturated carbocycles. The van der Waals surface area contributed by atoms with Gasteiger partial charge in [0.2, 0.25) is 0 Å². The smallest absolute Gasteiger partial charge is 0.387 e. The Morgan fingerprint density at radius 1 is 1.30 bits per heavy atom. The molecule has 0 unspecified atom stereocenters. The van der Waals surface area contributed by atoms with Gasteiger partial charge in [-0.2, -0.15) is 13.2 Å². The third-order valence-electron chi connectivity index (χ3n) is 6.44. The number of aliphatic hydroxyl groups is 2. The number of nitrogen functional groups attached to an aromatic ring is 1. The van der Waals surface area contributed by atoms with Gasteiger partial charge in [-0.15, -0.1) is 0 Å². The number of anilines is 1. The van der Waals surface area contributed by atoms with E-state index in [4.69, 9.17) is 24.0 Å². The van der Waals surface area contributed by atoms with Crippen molar-refractivity contribution in [2.75, 3.05) is 18.9 Å². The second-order valence-corrected chi connectivity index (χ2v) is 10.6. The van der Waals surface area contributed by atoms with Crippen LogP contribution in [0, 0.1) is 0 Å². The number of phosphoric acid groups is 1. The zero-order valence-corrected chi connectivity index (χ0v) is 20.3. The van der Waals surface area contributed by atoms with E-state index >= 15 is 0 Å². The van der Waals surface area contributed by atoms with E-state index in [0.29, 0.717) is 11.0 Å². The average Bonchev–Trinajstić information content (AvgIpc) is 3.37. The number of nitrogens with zero attached hydrogens (tertiary/aromatic N) is 3. The second kappa shape index (κ2) is 9.31. The van der Waals surface area contributed by atoms with Gasteiger partial charge in [-0.1, -0.05) is 18.2 Å². The van der Waals surface area contributed by atoms with Gasteiger partial charge in [-0.25, -0.2) is 14.5 Å². The molecule has 200 valence electrons. The number of ether oxygens (including phenoxy) is 1. The zero-order chi connectivity index (χ0) is 26.6. The van der Waals surface area contributed by atoms with Crippen molar-refractivity contribution in [3.63, 3.8) is 0 Å². The topological polar surface area (TPSA) is 151 Å². The molecule has 6 atom stereocenters. The molecule has 37 heavy (non-hydrogen) atoms. The summed E-state index contributed by atoms with van der Waals surface area (Å²) in [6.07, 6.45) is -6.85. The number of hydrogen-bond donors (Lipinski definition) is 3. The maximum absolute atomic E-state index is 13.5. The molecule has 1 aromatic carbocycles. The van der Waals surface area contributed by atoms with Crippen LogP contribution in [0.25, 0.3) is 11.0 Å². The zero-order valence-electron chi connectivity index (χ0n) is 19.4. The average molecular weight is 544 g/mol. The van der Waals surface area contributed by atoms with Gasteiger partial charge in [0.05, 0.1) is 30.3 Å². The summed E-state index contributed by atoms with van der Waals surface area (Å²) in [4.78, 5) is 8.07. The number of fused-ring (bicyclic) bond motifs is 1. The number of rotatable bonds is 5. The fraction of sp³-hybridized carbons (Fsp3) is 0.455. The molecule has 0 aliphatic carbocycles. The van der Waals surface area contributed by atoms with Crippen molar-refractivity contribution >= 4 is 24.7 Å². The first kappa shape index (κ1) is 26.0. The Morgan fingerprint density at radius 3 is 2.81 bits per heavy atom.